The fourth-order valence-electron chi connectivity index (χ4n) is 1.96. The third-order valence-corrected chi connectivity index (χ3v) is 4.15. The minimum atomic E-state index is -0.927. The minimum Gasteiger partial charge on any atom is -0.480 e. The van der Waals surface area contributed by atoms with Crippen LogP contribution < -0.4 is 10.1 Å². The molecule has 0 saturated heterocycles. The summed E-state index contributed by atoms with van der Waals surface area (Å²) in [5.74, 6) is -0.273. The second-order valence-electron chi connectivity index (χ2n) is 5.15. The third kappa shape index (κ3) is 5.19. The van der Waals surface area contributed by atoms with Gasteiger partial charge in [0.2, 0.25) is 0 Å². The van der Waals surface area contributed by atoms with Crippen molar-refractivity contribution < 1.29 is 19.0 Å². The molecule has 0 fully saturated rings. The SMILES string of the molecule is C[C@H](Oc1ccc(Cl)cc1Br)C(=O)NC[C@@H](O)c1ccc(F)cc1. The van der Waals surface area contributed by atoms with Crippen LogP contribution in [0.1, 0.15) is 18.6 Å². The number of aliphatic hydroxyl groups is 1. The summed E-state index contributed by atoms with van der Waals surface area (Å²) in [6.45, 7) is 1.60. The fraction of sp³-hybridized carbons (Fsp3) is 0.235. The monoisotopic (exact) mass is 415 g/mol. The Morgan fingerprint density at radius 1 is 1.33 bits per heavy atom. The molecule has 0 aliphatic carbocycles. The maximum Gasteiger partial charge on any atom is 0.260 e. The average Bonchev–Trinajstić information content (AvgIpc) is 2.55. The number of ether oxygens (including phenoxy) is 1. The van der Waals surface area contributed by atoms with E-state index in [0.717, 1.165) is 0 Å². The molecule has 2 N–H and O–H groups in total. The molecular weight excluding hydrogens is 401 g/mol. The molecule has 1 amide bonds. The van der Waals surface area contributed by atoms with E-state index in [1.165, 1.54) is 24.3 Å². The number of carbonyl (C=O) groups excluding carboxylic acids is 1. The van der Waals surface area contributed by atoms with Gasteiger partial charge in [0.15, 0.2) is 6.10 Å². The quantitative estimate of drug-likeness (QED) is 0.752. The molecule has 2 aromatic carbocycles. The van der Waals surface area contributed by atoms with Crippen LogP contribution in [-0.2, 0) is 4.79 Å². The highest BCUT2D eigenvalue weighted by molar-refractivity contribution is 9.10. The highest BCUT2D eigenvalue weighted by atomic mass is 79.9. The Hall–Kier alpha value is -1.63. The van der Waals surface area contributed by atoms with Gasteiger partial charge in [-0.2, -0.15) is 0 Å². The summed E-state index contributed by atoms with van der Waals surface area (Å²) in [5.41, 5.74) is 0.519. The van der Waals surface area contributed by atoms with Crippen molar-refractivity contribution in [1.29, 1.82) is 0 Å². The Morgan fingerprint density at radius 3 is 2.62 bits per heavy atom. The molecule has 2 rings (SSSR count). The summed E-state index contributed by atoms with van der Waals surface area (Å²) in [4.78, 5) is 12.1. The van der Waals surface area contributed by atoms with Gasteiger partial charge in [0.05, 0.1) is 10.6 Å². The number of benzene rings is 2. The molecule has 128 valence electrons. The number of hydrogen-bond donors (Lipinski definition) is 2. The molecule has 7 heteroatoms. The van der Waals surface area contributed by atoms with E-state index in [1.807, 2.05) is 0 Å². The summed E-state index contributed by atoms with van der Waals surface area (Å²) < 4.78 is 19.1. The van der Waals surface area contributed by atoms with Crippen LogP contribution in [0.2, 0.25) is 5.02 Å². The Morgan fingerprint density at radius 2 is 2.00 bits per heavy atom. The topological polar surface area (TPSA) is 58.6 Å². The molecule has 0 saturated carbocycles. The number of rotatable bonds is 6. The first-order valence-corrected chi connectivity index (χ1v) is 8.37. The van der Waals surface area contributed by atoms with Gasteiger partial charge in [-0.05, 0) is 58.7 Å². The molecule has 0 unspecified atom stereocenters. The maximum atomic E-state index is 12.9. The number of carbonyl (C=O) groups is 1. The van der Waals surface area contributed by atoms with Crippen LogP contribution in [0, 0.1) is 5.82 Å². The van der Waals surface area contributed by atoms with Gasteiger partial charge in [0, 0.05) is 11.6 Å². The molecule has 2 aromatic rings. The second-order valence-corrected chi connectivity index (χ2v) is 6.44. The molecule has 0 heterocycles. The van der Waals surface area contributed by atoms with Crippen molar-refractivity contribution in [2.24, 2.45) is 0 Å². The zero-order valence-corrected chi connectivity index (χ0v) is 15.1. The first-order valence-electron chi connectivity index (χ1n) is 7.19. The van der Waals surface area contributed by atoms with E-state index >= 15 is 0 Å². The van der Waals surface area contributed by atoms with Gasteiger partial charge in [-0.1, -0.05) is 23.7 Å². The first-order chi connectivity index (χ1) is 11.4. The molecule has 2 atom stereocenters. The van der Waals surface area contributed by atoms with E-state index in [1.54, 1.807) is 25.1 Å². The molecule has 0 bridgehead atoms. The van der Waals surface area contributed by atoms with Crippen LogP contribution in [0.3, 0.4) is 0 Å². The van der Waals surface area contributed by atoms with Gasteiger partial charge in [-0.15, -0.1) is 0 Å². The summed E-state index contributed by atoms with van der Waals surface area (Å²) in [6.07, 6.45) is -1.69. The lowest BCUT2D eigenvalue weighted by molar-refractivity contribution is -0.127. The van der Waals surface area contributed by atoms with E-state index < -0.39 is 12.2 Å². The van der Waals surface area contributed by atoms with Gasteiger partial charge >= 0.3 is 0 Å². The Kier molecular flexibility index (Phi) is 6.60. The molecular formula is C17H16BrClFNO3. The van der Waals surface area contributed by atoms with Crippen LogP contribution in [0.15, 0.2) is 46.9 Å². The highest BCUT2D eigenvalue weighted by Crippen LogP contribution is 2.28. The Balaban J connectivity index is 1.88. The van der Waals surface area contributed by atoms with E-state index in [0.29, 0.717) is 20.8 Å². The van der Waals surface area contributed by atoms with Gasteiger partial charge in [0.25, 0.3) is 5.91 Å². The minimum absolute atomic E-state index is 0.0000464. The van der Waals surface area contributed by atoms with Crippen molar-refractivity contribution in [3.8, 4) is 5.75 Å². The van der Waals surface area contributed by atoms with E-state index in [2.05, 4.69) is 21.2 Å². The summed E-state index contributed by atoms with van der Waals surface area (Å²) in [7, 11) is 0. The Labute approximate surface area is 152 Å². The molecule has 0 aliphatic heterocycles. The van der Waals surface area contributed by atoms with Crippen molar-refractivity contribution in [3.63, 3.8) is 0 Å². The number of aliphatic hydroxyl groups excluding tert-OH is 1. The predicted molar refractivity (Wildman–Crippen MR) is 93.6 cm³/mol. The predicted octanol–water partition coefficient (Wildman–Crippen LogP) is 3.86. The fourth-order valence-corrected chi connectivity index (χ4v) is 2.73. The number of nitrogens with one attached hydrogen (secondary N) is 1. The molecule has 0 spiro atoms. The van der Waals surface area contributed by atoms with E-state index in [-0.39, 0.29) is 18.3 Å². The second kappa shape index (κ2) is 8.46. The van der Waals surface area contributed by atoms with Crippen LogP contribution in [0.5, 0.6) is 5.75 Å². The third-order valence-electron chi connectivity index (χ3n) is 3.29. The van der Waals surface area contributed by atoms with Crippen molar-refractivity contribution in [3.05, 3.63) is 63.3 Å². The van der Waals surface area contributed by atoms with E-state index in [9.17, 15) is 14.3 Å². The van der Waals surface area contributed by atoms with Gasteiger partial charge in [-0.3, -0.25) is 4.79 Å². The summed E-state index contributed by atoms with van der Waals surface area (Å²) in [6, 6.07) is 10.4. The number of amides is 1. The van der Waals surface area contributed by atoms with Crippen molar-refractivity contribution >= 4 is 33.4 Å². The standard InChI is InChI=1S/C17H16BrClFNO3/c1-10(24-16-7-4-12(19)8-14(16)18)17(23)21-9-15(22)11-2-5-13(20)6-3-11/h2-8,10,15,22H,9H2,1H3,(H,21,23)/t10-,15+/m0/s1. The largest absolute Gasteiger partial charge is 0.480 e. The van der Waals surface area contributed by atoms with Crippen LogP contribution in [0.25, 0.3) is 0 Å². The molecule has 24 heavy (non-hydrogen) atoms. The lowest BCUT2D eigenvalue weighted by Gasteiger charge is -2.17. The average molecular weight is 417 g/mol. The smallest absolute Gasteiger partial charge is 0.260 e. The number of halogens is 3. The molecule has 0 aromatic heterocycles. The molecule has 0 aliphatic rings. The summed E-state index contributed by atoms with van der Waals surface area (Å²) >= 11 is 9.16. The zero-order chi connectivity index (χ0) is 17.7. The van der Waals surface area contributed by atoms with Gasteiger partial charge in [0.1, 0.15) is 11.6 Å². The summed E-state index contributed by atoms with van der Waals surface area (Å²) in [5, 5.41) is 13.2. The molecule has 4 nitrogen and oxygen atoms in total. The van der Waals surface area contributed by atoms with Crippen LogP contribution in [0.4, 0.5) is 4.39 Å². The number of hydrogen-bond acceptors (Lipinski definition) is 3. The van der Waals surface area contributed by atoms with Crippen molar-refractivity contribution in [1.82, 2.24) is 5.32 Å². The first kappa shape index (κ1) is 18.7. The zero-order valence-electron chi connectivity index (χ0n) is 12.8. The molecule has 0 radical (unpaired) electrons. The van der Waals surface area contributed by atoms with Gasteiger partial charge in [-0.25, -0.2) is 4.39 Å². The lowest BCUT2D eigenvalue weighted by Crippen LogP contribution is -2.38. The van der Waals surface area contributed by atoms with Crippen molar-refractivity contribution in [2.45, 2.75) is 19.1 Å². The lowest BCUT2D eigenvalue weighted by atomic mass is 10.1. The van der Waals surface area contributed by atoms with Crippen LogP contribution >= 0.6 is 27.5 Å². The normalized spacial score (nSPS) is 13.2. The Bertz CT molecular complexity index is 711. The maximum absolute atomic E-state index is 12.9. The van der Waals surface area contributed by atoms with Crippen molar-refractivity contribution in [2.75, 3.05) is 6.54 Å². The van der Waals surface area contributed by atoms with Gasteiger partial charge < -0.3 is 15.2 Å². The highest BCUT2D eigenvalue weighted by Gasteiger charge is 2.17. The van der Waals surface area contributed by atoms with Crippen LogP contribution in [-0.4, -0.2) is 23.7 Å². The van der Waals surface area contributed by atoms with E-state index in [4.69, 9.17) is 16.3 Å².